The number of hydrogen-bond donors (Lipinski definition) is 1. The Morgan fingerprint density at radius 3 is 3.05 bits per heavy atom. The molecule has 2 heterocycles. The van der Waals surface area contributed by atoms with Crippen LogP contribution in [0.25, 0.3) is 11.5 Å². The Balaban J connectivity index is 1.87. The first-order valence-electron chi connectivity index (χ1n) is 6.63. The van der Waals surface area contributed by atoms with Gasteiger partial charge < -0.3 is 10.3 Å². The van der Waals surface area contributed by atoms with Gasteiger partial charge in [0.2, 0.25) is 0 Å². The molecule has 20 heavy (non-hydrogen) atoms. The zero-order chi connectivity index (χ0) is 14.1. The molecule has 0 amide bonds. The summed E-state index contributed by atoms with van der Waals surface area (Å²) in [5, 5.41) is 4.15. The van der Waals surface area contributed by atoms with Crippen LogP contribution in [-0.2, 0) is 0 Å². The van der Waals surface area contributed by atoms with Crippen molar-refractivity contribution in [3.05, 3.63) is 29.6 Å². The van der Waals surface area contributed by atoms with Crippen LogP contribution in [-0.4, -0.2) is 40.1 Å². The smallest absolute Gasteiger partial charge is 0.257 e. The monoisotopic (exact) mass is 290 g/mol. The molecule has 2 N–H and O–H groups in total. The van der Waals surface area contributed by atoms with Gasteiger partial charge >= 0.3 is 0 Å². The summed E-state index contributed by atoms with van der Waals surface area (Å²) in [5.41, 5.74) is 8.54. The van der Waals surface area contributed by atoms with Gasteiger partial charge in [-0.15, -0.1) is 0 Å². The number of hydrogen-bond acceptors (Lipinski definition) is 6. The highest BCUT2D eigenvalue weighted by atomic mass is 32.2. The summed E-state index contributed by atoms with van der Waals surface area (Å²) in [6.07, 6.45) is 0. The van der Waals surface area contributed by atoms with E-state index in [1.807, 2.05) is 36.9 Å². The van der Waals surface area contributed by atoms with Gasteiger partial charge in [-0.05, 0) is 37.7 Å². The van der Waals surface area contributed by atoms with Gasteiger partial charge in [0, 0.05) is 29.3 Å². The third-order valence-corrected chi connectivity index (χ3v) is 4.68. The van der Waals surface area contributed by atoms with Crippen molar-refractivity contribution in [3.63, 3.8) is 0 Å². The normalized spacial score (nSPS) is 20.2. The number of aryl methyl sites for hydroxylation is 1. The molecule has 1 unspecified atom stereocenters. The van der Waals surface area contributed by atoms with Gasteiger partial charge in [-0.1, -0.05) is 5.16 Å². The van der Waals surface area contributed by atoms with E-state index in [0.717, 1.165) is 40.7 Å². The molecule has 1 aliphatic heterocycles. The summed E-state index contributed by atoms with van der Waals surface area (Å²) in [5.74, 6) is 3.50. The second-order valence-corrected chi connectivity index (χ2v) is 6.25. The fourth-order valence-electron chi connectivity index (χ4n) is 2.25. The molecule has 1 saturated heterocycles. The molecule has 0 bridgehead atoms. The number of thioether (sulfide) groups is 1. The lowest BCUT2D eigenvalue weighted by Crippen LogP contribution is -2.33. The average molecular weight is 290 g/mol. The van der Waals surface area contributed by atoms with Crippen LogP contribution in [0.15, 0.2) is 22.7 Å². The fraction of sp³-hybridized carbons (Fsp3) is 0.429. The summed E-state index contributed by atoms with van der Waals surface area (Å²) < 4.78 is 5.41. The minimum Gasteiger partial charge on any atom is -0.399 e. The van der Waals surface area contributed by atoms with Crippen LogP contribution < -0.4 is 5.73 Å². The first kappa shape index (κ1) is 13.5. The van der Waals surface area contributed by atoms with Crippen molar-refractivity contribution in [2.24, 2.45) is 0 Å². The molecule has 1 aliphatic rings. The van der Waals surface area contributed by atoms with Crippen molar-refractivity contribution in [1.29, 1.82) is 0 Å². The third-order valence-electron chi connectivity index (χ3n) is 3.65. The van der Waals surface area contributed by atoms with E-state index in [2.05, 4.69) is 22.1 Å². The molecule has 1 aromatic carbocycles. The van der Waals surface area contributed by atoms with Crippen LogP contribution in [0, 0.1) is 6.92 Å². The van der Waals surface area contributed by atoms with Gasteiger partial charge in [0.15, 0.2) is 5.82 Å². The number of nitrogens with two attached hydrogens (primary N) is 1. The summed E-state index contributed by atoms with van der Waals surface area (Å²) in [6.45, 7) is 3.03. The van der Waals surface area contributed by atoms with E-state index in [9.17, 15) is 0 Å². The van der Waals surface area contributed by atoms with Gasteiger partial charge in [-0.25, -0.2) is 0 Å². The average Bonchev–Trinajstić information content (AvgIpc) is 2.92. The largest absolute Gasteiger partial charge is 0.399 e. The molecular weight excluding hydrogens is 272 g/mol. The van der Waals surface area contributed by atoms with Crippen LogP contribution in [0.4, 0.5) is 5.69 Å². The summed E-state index contributed by atoms with van der Waals surface area (Å²) in [4.78, 5) is 6.83. The van der Waals surface area contributed by atoms with Crippen LogP contribution >= 0.6 is 11.8 Å². The Morgan fingerprint density at radius 1 is 1.45 bits per heavy atom. The lowest BCUT2D eigenvalue weighted by atomic mass is 10.1. The van der Waals surface area contributed by atoms with Crippen LogP contribution in [0.2, 0.25) is 0 Å². The Labute approximate surface area is 122 Å². The number of nitrogens with zero attached hydrogens (tertiary/aromatic N) is 3. The Kier molecular flexibility index (Phi) is 3.67. The van der Waals surface area contributed by atoms with Crippen molar-refractivity contribution in [3.8, 4) is 11.5 Å². The van der Waals surface area contributed by atoms with Crippen molar-refractivity contribution >= 4 is 17.4 Å². The summed E-state index contributed by atoms with van der Waals surface area (Å²) in [7, 11) is 2.10. The number of nitrogen functional groups attached to an aromatic ring is 1. The molecule has 0 spiro atoms. The molecule has 106 valence electrons. The molecule has 1 atom stereocenters. The lowest BCUT2D eigenvalue weighted by Gasteiger charge is -2.29. The van der Waals surface area contributed by atoms with Crippen LogP contribution in [0.3, 0.4) is 0 Å². The third kappa shape index (κ3) is 2.53. The molecule has 6 heteroatoms. The maximum atomic E-state index is 5.83. The SMILES string of the molecule is Cc1cc(-c2nc(C3CSCCN3C)no2)ccc1N. The highest BCUT2D eigenvalue weighted by Gasteiger charge is 2.26. The van der Waals surface area contributed by atoms with E-state index in [-0.39, 0.29) is 6.04 Å². The minimum atomic E-state index is 0.237. The van der Waals surface area contributed by atoms with E-state index in [1.165, 1.54) is 0 Å². The zero-order valence-corrected chi connectivity index (χ0v) is 12.5. The second-order valence-electron chi connectivity index (χ2n) is 5.10. The van der Waals surface area contributed by atoms with Gasteiger partial charge in [0.05, 0.1) is 6.04 Å². The van der Waals surface area contributed by atoms with Crippen LogP contribution in [0.5, 0.6) is 0 Å². The van der Waals surface area contributed by atoms with Crippen molar-refractivity contribution in [1.82, 2.24) is 15.0 Å². The molecule has 3 rings (SSSR count). The van der Waals surface area contributed by atoms with Gasteiger partial charge in [0.25, 0.3) is 5.89 Å². The second kappa shape index (κ2) is 5.46. The number of rotatable bonds is 2. The maximum absolute atomic E-state index is 5.83. The molecule has 1 aromatic heterocycles. The molecule has 5 nitrogen and oxygen atoms in total. The molecule has 0 saturated carbocycles. The quantitative estimate of drug-likeness (QED) is 0.856. The minimum absolute atomic E-state index is 0.237. The van der Waals surface area contributed by atoms with E-state index in [0.29, 0.717) is 5.89 Å². The van der Waals surface area contributed by atoms with Crippen molar-refractivity contribution < 1.29 is 4.52 Å². The molecule has 2 aromatic rings. The van der Waals surface area contributed by atoms with Gasteiger partial charge in [-0.3, -0.25) is 4.90 Å². The highest BCUT2D eigenvalue weighted by molar-refractivity contribution is 7.99. The summed E-state index contributed by atoms with van der Waals surface area (Å²) >= 11 is 1.93. The van der Waals surface area contributed by atoms with Crippen LogP contribution in [0.1, 0.15) is 17.4 Å². The standard InChI is InChI=1S/C14H18N4OS/c1-9-7-10(3-4-11(9)15)14-16-13(17-19-14)12-8-20-6-5-18(12)2/h3-4,7,12H,5-6,8,15H2,1-2H3. The number of benzene rings is 1. The molecule has 0 aliphatic carbocycles. The molecule has 0 radical (unpaired) electrons. The summed E-state index contributed by atoms with van der Waals surface area (Å²) in [6, 6.07) is 6.00. The first-order chi connectivity index (χ1) is 9.65. The van der Waals surface area contributed by atoms with Crippen molar-refractivity contribution in [2.75, 3.05) is 30.8 Å². The van der Waals surface area contributed by atoms with Gasteiger partial charge in [-0.2, -0.15) is 16.7 Å². The van der Waals surface area contributed by atoms with Crippen molar-refractivity contribution in [2.45, 2.75) is 13.0 Å². The topological polar surface area (TPSA) is 68.2 Å². The highest BCUT2D eigenvalue weighted by Crippen LogP contribution is 2.28. The van der Waals surface area contributed by atoms with Gasteiger partial charge in [0.1, 0.15) is 0 Å². The van der Waals surface area contributed by atoms with E-state index >= 15 is 0 Å². The Hall–Kier alpha value is -1.53. The Morgan fingerprint density at radius 2 is 2.30 bits per heavy atom. The molecular formula is C14H18N4OS. The lowest BCUT2D eigenvalue weighted by molar-refractivity contribution is 0.257. The maximum Gasteiger partial charge on any atom is 0.257 e. The predicted molar refractivity (Wildman–Crippen MR) is 81.6 cm³/mol. The first-order valence-corrected chi connectivity index (χ1v) is 7.78. The van der Waals surface area contributed by atoms with E-state index in [1.54, 1.807) is 0 Å². The Bertz CT molecular complexity index is 613. The number of anilines is 1. The zero-order valence-electron chi connectivity index (χ0n) is 11.7. The fourth-order valence-corrected chi connectivity index (χ4v) is 3.46. The van der Waals surface area contributed by atoms with E-state index in [4.69, 9.17) is 10.3 Å². The number of aromatic nitrogens is 2. The van der Waals surface area contributed by atoms with E-state index < -0.39 is 0 Å². The predicted octanol–water partition coefficient (Wildman–Crippen LogP) is 2.35. The molecule has 1 fully saturated rings.